The minimum atomic E-state index is -0.183. The van der Waals surface area contributed by atoms with Crippen LogP contribution in [0.2, 0.25) is 5.02 Å². The van der Waals surface area contributed by atoms with Crippen molar-refractivity contribution in [3.63, 3.8) is 0 Å². The Morgan fingerprint density at radius 3 is 2.42 bits per heavy atom. The van der Waals surface area contributed by atoms with E-state index in [-0.39, 0.29) is 5.91 Å². The molecule has 0 aromatic heterocycles. The summed E-state index contributed by atoms with van der Waals surface area (Å²) in [6.45, 7) is 1.90. The van der Waals surface area contributed by atoms with Gasteiger partial charge >= 0.3 is 0 Å². The smallest absolute Gasteiger partial charge is 0.255 e. The Kier molecular flexibility index (Phi) is 4.46. The summed E-state index contributed by atoms with van der Waals surface area (Å²) < 4.78 is 0. The molecule has 0 saturated carbocycles. The summed E-state index contributed by atoms with van der Waals surface area (Å²) in [6, 6.07) is 12.7. The highest BCUT2D eigenvalue weighted by atomic mass is 35.5. The SMILES string of the molecule is Cc1cccc(Cl)c1NC(=O)c1ccc(CCl)cc1. The van der Waals surface area contributed by atoms with E-state index in [2.05, 4.69) is 5.32 Å². The number of benzene rings is 2. The number of alkyl halides is 1. The number of anilines is 1. The molecule has 1 N–H and O–H groups in total. The Hall–Kier alpha value is -1.51. The van der Waals surface area contributed by atoms with Crippen molar-refractivity contribution in [2.24, 2.45) is 0 Å². The van der Waals surface area contributed by atoms with Gasteiger partial charge in [-0.2, -0.15) is 0 Å². The standard InChI is InChI=1S/C15H13Cl2NO/c1-10-3-2-4-13(17)14(10)18-15(19)12-7-5-11(9-16)6-8-12/h2-8H,9H2,1H3,(H,18,19). The van der Waals surface area contributed by atoms with Gasteiger partial charge in [-0.3, -0.25) is 4.79 Å². The van der Waals surface area contributed by atoms with Gasteiger partial charge in [0.1, 0.15) is 0 Å². The van der Waals surface area contributed by atoms with Gasteiger partial charge in [-0.1, -0.05) is 35.9 Å². The van der Waals surface area contributed by atoms with Crippen molar-refractivity contribution in [1.29, 1.82) is 0 Å². The van der Waals surface area contributed by atoms with Gasteiger partial charge in [0, 0.05) is 11.4 Å². The fraction of sp³-hybridized carbons (Fsp3) is 0.133. The maximum atomic E-state index is 12.1. The number of amides is 1. The first kappa shape index (κ1) is 13.9. The molecule has 0 bridgehead atoms. The van der Waals surface area contributed by atoms with Gasteiger partial charge in [-0.05, 0) is 36.2 Å². The van der Waals surface area contributed by atoms with E-state index in [0.717, 1.165) is 11.1 Å². The number of rotatable bonds is 3. The summed E-state index contributed by atoms with van der Waals surface area (Å²) >= 11 is 11.8. The van der Waals surface area contributed by atoms with Gasteiger partial charge in [-0.25, -0.2) is 0 Å². The summed E-state index contributed by atoms with van der Waals surface area (Å²) in [5.74, 6) is 0.253. The Morgan fingerprint density at radius 2 is 1.84 bits per heavy atom. The van der Waals surface area contributed by atoms with Crippen molar-refractivity contribution in [2.45, 2.75) is 12.8 Å². The van der Waals surface area contributed by atoms with Gasteiger partial charge in [-0.15, -0.1) is 11.6 Å². The van der Waals surface area contributed by atoms with Crippen LogP contribution in [0.3, 0.4) is 0 Å². The molecule has 0 aliphatic carbocycles. The summed E-state index contributed by atoms with van der Waals surface area (Å²) in [7, 11) is 0. The fourth-order valence-electron chi connectivity index (χ4n) is 1.72. The van der Waals surface area contributed by atoms with Crippen LogP contribution >= 0.6 is 23.2 Å². The van der Waals surface area contributed by atoms with E-state index < -0.39 is 0 Å². The molecule has 4 heteroatoms. The van der Waals surface area contributed by atoms with Crippen LogP contribution < -0.4 is 5.32 Å². The topological polar surface area (TPSA) is 29.1 Å². The van der Waals surface area contributed by atoms with Crippen molar-refractivity contribution >= 4 is 34.8 Å². The molecule has 19 heavy (non-hydrogen) atoms. The van der Waals surface area contributed by atoms with E-state index >= 15 is 0 Å². The molecule has 0 unspecified atom stereocenters. The summed E-state index contributed by atoms with van der Waals surface area (Å²) in [4.78, 5) is 12.1. The highest BCUT2D eigenvalue weighted by Gasteiger charge is 2.10. The molecule has 0 aliphatic heterocycles. The van der Waals surface area contributed by atoms with Gasteiger partial charge in [0.15, 0.2) is 0 Å². The maximum absolute atomic E-state index is 12.1. The monoisotopic (exact) mass is 293 g/mol. The maximum Gasteiger partial charge on any atom is 0.255 e. The molecule has 2 nitrogen and oxygen atoms in total. The zero-order valence-electron chi connectivity index (χ0n) is 10.4. The average Bonchev–Trinajstić information content (AvgIpc) is 2.43. The highest BCUT2D eigenvalue weighted by Crippen LogP contribution is 2.25. The molecule has 0 spiro atoms. The average molecular weight is 294 g/mol. The van der Waals surface area contributed by atoms with E-state index in [1.165, 1.54) is 0 Å². The van der Waals surface area contributed by atoms with Crippen LogP contribution in [0.25, 0.3) is 0 Å². The first-order valence-corrected chi connectivity index (χ1v) is 6.74. The molecule has 2 aromatic rings. The van der Waals surface area contributed by atoms with Crippen molar-refractivity contribution in [1.82, 2.24) is 0 Å². The number of hydrogen-bond donors (Lipinski definition) is 1. The molecular weight excluding hydrogens is 281 g/mol. The second-order valence-electron chi connectivity index (χ2n) is 4.22. The van der Waals surface area contributed by atoms with E-state index in [4.69, 9.17) is 23.2 Å². The third-order valence-electron chi connectivity index (χ3n) is 2.83. The molecule has 0 saturated heterocycles. The Balaban J connectivity index is 2.20. The molecular formula is C15H13Cl2NO. The van der Waals surface area contributed by atoms with Gasteiger partial charge in [0.05, 0.1) is 10.7 Å². The second kappa shape index (κ2) is 6.09. The molecule has 0 heterocycles. The van der Waals surface area contributed by atoms with Crippen LogP contribution in [0.1, 0.15) is 21.5 Å². The Morgan fingerprint density at radius 1 is 1.16 bits per heavy atom. The van der Waals surface area contributed by atoms with E-state index in [1.54, 1.807) is 18.2 Å². The van der Waals surface area contributed by atoms with Crippen LogP contribution in [0.5, 0.6) is 0 Å². The second-order valence-corrected chi connectivity index (χ2v) is 4.89. The number of aryl methyl sites for hydroxylation is 1. The summed E-state index contributed by atoms with van der Waals surface area (Å²) in [5, 5.41) is 3.36. The number of para-hydroxylation sites is 1. The van der Waals surface area contributed by atoms with Gasteiger partial charge in [0.25, 0.3) is 5.91 Å². The lowest BCUT2D eigenvalue weighted by atomic mass is 10.1. The van der Waals surface area contributed by atoms with E-state index in [9.17, 15) is 4.79 Å². The van der Waals surface area contributed by atoms with Crippen molar-refractivity contribution in [2.75, 3.05) is 5.32 Å². The molecule has 0 aliphatic rings. The normalized spacial score (nSPS) is 10.3. The van der Waals surface area contributed by atoms with Crippen molar-refractivity contribution in [3.8, 4) is 0 Å². The van der Waals surface area contributed by atoms with Crippen LogP contribution in [-0.4, -0.2) is 5.91 Å². The molecule has 0 atom stereocenters. The molecule has 2 rings (SSSR count). The number of nitrogens with one attached hydrogen (secondary N) is 1. The summed E-state index contributed by atoms with van der Waals surface area (Å²) in [5.41, 5.74) is 3.13. The lowest BCUT2D eigenvalue weighted by Gasteiger charge is -2.10. The van der Waals surface area contributed by atoms with Crippen LogP contribution in [-0.2, 0) is 5.88 Å². The number of carbonyl (C=O) groups excluding carboxylic acids is 1. The highest BCUT2D eigenvalue weighted by molar-refractivity contribution is 6.34. The van der Waals surface area contributed by atoms with Crippen LogP contribution in [0.4, 0.5) is 5.69 Å². The fourth-order valence-corrected chi connectivity index (χ4v) is 2.17. The van der Waals surface area contributed by atoms with Crippen molar-refractivity contribution < 1.29 is 4.79 Å². The lowest BCUT2D eigenvalue weighted by molar-refractivity contribution is 0.102. The summed E-state index contributed by atoms with van der Waals surface area (Å²) in [6.07, 6.45) is 0. The first-order chi connectivity index (χ1) is 9.11. The van der Waals surface area contributed by atoms with Gasteiger partial charge in [0.2, 0.25) is 0 Å². The molecule has 1 amide bonds. The van der Waals surface area contributed by atoms with Crippen LogP contribution in [0.15, 0.2) is 42.5 Å². The largest absolute Gasteiger partial charge is 0.320 e. The van der Waals surface area contributed by atoms with E-state index in [0.29, 0.717) is 22.2 Å². The minimum absolute atomic E-state index is 0.183. The lowest BCUT2D eigenvalue weighted by Crippen LogP contribution is -2.13. The van der Waals surface area contributed by atoms with E-state index in [1.807, 2.05) is 31.2 Å². The predicted octanol–water partition coefficient (Wildman–Crippen LogP) is 4.64. The number of halogens is 2. The first-order valence-electron chi connectivity index (χ1n) is 5.83. The molecule has 2 aromatic carbocycles. The number of carbonyl (C=O) groups is 1. The zero-order chi connectivity index (χ0) is 13.8. The van der Waals surface area contributed by atoms with Gasteiger partial charge < -0.3 is 5.32 Å². The zero-order valence-corrected chi connectivity index (χ0v) is 11.9. The Bertz CT molecular complexity index is 573. The predicted molar refractivity (Wildman–Crippen MR) is 80.1 cm³/mol. The molecule has 0 radical (unpaired) electrons. The Labute approximate surface area is 122 Å². The third-order valence-corrected chi connectivity index (χ3v) is 3.45. The molecule has 98 valence electrons. The third kappa shape index (κ3) is 3.28. The van der Waals surface area contributed by atoms with Crippen LogP contribution in [0, 0.1) is 6.92 Å². The minimum Gasteiger partial charge on any atom is -0.320 e. The quantitative estimate of drug-likeness (QED) is 0.821. The van der Waals surface area contributed by atoms with Crippen molar-refractivity contribution in [3.05, 3.63) is 64.2 Å². The molecule has 0 fully saturated rings. The number of hydrogen-bond acceptors (Lipinski definition) is 1.